The Bertz CT molecular complexity index is 1340. The number of benzene rings is 3. The van der Waals surface area contributed by atoms with Gasteiger partial charge in [-0.25, -0.2) is 4.98 Å². The lowest BCUT2D eigenvalue weighted by atomic mass is 10.1. The van der Waals surface area contributed by atoms with Gasteiger partial charge in [0.25, 0.3) is 0 Å². The first-order chi connectivity index (χ1) is 17.0. The third-order valence-corrected chi connectivity index (χ3v) is 6.28. The molecular formula is C27H23ClN2O4S. The minimum Gasteiger partial charge on any atom is -0.493 e. The number of carbonyl (C=O) groups excluding carboxylic acids is 1. The van der Waals surface area contributed by atoms with Crippen molar-refractivity contribution in [1.82, 2.24) is 4.98 Å². The van der Waals surface area contributed by atoms with E-state index in [1.807, 2.05) is 53.9 Å². The van der Waals surface area contributed by atoms with Crippen molar-refractivity contribution in [1.29, 1.82) is 0 Å². The molecule has 4 rings (SSSR count). The lowest BCUT2D eigenvalue weighted by Crippen LogP contribution is -2.07. The molecule has 4 aromatic rings. The number of methoxy groups -OCH3 is 3. The summed E-state index contributed by atoms with van der Waals surface area (Å²) >= 11 is 7.54. The van der Waals surface area contributed by atoms with Crippen molar-refractivity contribution in [3.8, 4) is 39.1 Å². The van der Waals surface area contributed by atoms with Crippen molar-refractivity contribution < 1.29 is 19.0 Å². The Morgan fingerprint density at radius 3 is 2.31 bits per heavy atom. The topological polar surface area (TPSA) is 69.7 Å². The van der Waals surface area contributed by atoms with Gasteiger partial charge in [-0.1, -0.05) is 35.9 Å². The van der Waals surface area contributed by atoms with Gasteiger partial charge in [-0.3, -0.25) is 4.79 Å². The molecule has 0 atom stereocenters. The number of ether oxygens (including phenoxy) is 3. The first-order valence-electron chi connectivity index (χ1n) is 10.6. The molecule has 35 heavy (non-hydrogen) atoms. The molecule has 3 aromatic carbocycles. The van der Waals surface area contributed by atoms with Gasteiger partial charge in [0.15, 0.2) is 11.5 Å². The molecule has 1 heterocycles. The van der Waals surface area contributed by atoms with Crippen molar-refractivity contribution in [3.63, 3.8) is 0 Å². The highest BCUT2D eigenvalue weighted by Gasteiger charge is 2.12. The average molecular weight is 507 g/mol. The quantitative estimate of drug-likeness (QED) is 0.266. The van der Waals surface area contributed by atoms with E-state index in [-0.39, 0.29) is 5.91 Å². The second-order valence-corrected chi connectivity index (χ2v) is 8.70. The Labute approximate surface area is 212 Å². The number of amides is 1. The predicted octanol–water partition coefficient (Wildman–Crippen LogP) is 6.81. The maximum Gasteiger partial charge on any atom is 0.248 e. The second-order valence-electron chi connectivity index (χ2n) is 7.41. The van der Waals surface area contributed by atoms with Crippen LogP contribution >= 0.6 is 22.9 Å². The van der Waals surface area contributed by atoms with Gasteiger partial charge in [0.2, 0.25) is 11.7 Å². The summed E-state index contributed by atoms with van der Waals surface area (Å²) in [5.74, 6) is 1.26. The van der Waals surface area contributed by atoms with Crippen LogP contribution in [-0.4, -0.2) is 32.2 Å². The van der Waals surface area contributed by atoms with Gasteiger partial charge in [-0.2, -0.15) is 0 Å². The summed E-state index contributed by atoms with van der Waals surface area (Å²) in [6, 6.07) is 18.7. The molecule has 0 aliphatic rings. The minimum atomic E-state index is -0.268. The number of anilines is 1. The number of carbonyl (C=O) groups is 1. The van der Waals surface area contributed by atoms with Crippen LogP contribution in [-0.2, 0) is 4.79 Å². The smallest absolute Gasteiger partial charge is 0.248 e. The molecule has 6 nitrogen and oxygen atoms in total. The van der Waals surface area contributed by atoms with Gasteiger partial charge >= 0.3 is 0 Å². The van der Waals surface area contributed by atoms with Gasteiger partial charge < -0.3 is 19.5 Å². The largest absolute Gasteiger partial charge is 0.493 e. The summed E-state index contributed by atoms with van der Waals surface area (Å²) in [4.78, 5) is 17.3. The van der Waals surface area contributed by atoms with E-state index in [2.05, 4.69) is 5.32 Å². The second kappa shape index (κ2) is 11.1. The average Bonchev–Trinajstić information content (AvgIpc) is 3.38. The molecule has 0 aliphatic carbocycles. The molecule has 0 spiro atoms. The van der Waals surface area contributed by atoms with Crippen LogP contribution < -0.4 is 19.5 Å². The summed E-state index contributed by atoms with van der Waals surface area (Å²) < 4.78 is 16.1. The van der Waals surface area contributed by atoms with Gasteiger partial charge in [-0.05, 0) is 48.0 Å². The number of thiazole rings is 1. The Kier molecular flexibility index (Phi) is 7.70. The summed E-state index contributed by atoms with van der Waals surface area (Å²) in [6.45, 7) is 0. The molecule has 178 valence electrons. The number of aromatic nitrogens is 1. The summed E-state index contributed by atoms with van der Waals surface area (Å²) in [6.07, 6.45) is 3.14. The molecule has 8 heteroatoms. The van der Waals surface area contributed by atoms with Crippen LogP contribution in [0.2, 0.25) is 5.02 Å². The fourth-order valence-electron chi connectivity index (χ4n) is 3.44. The van der Waals surface area contributed by atoms with E-state index in [1.54, 1.807) is 50.9 Å². The van der Waals surface area contributed by atoms with Crippen LogP contribution in [0.5, 0.6) is 17.2 Å². The summed E-state index contributed by atoms with van der Waals surface area (Å²) in [7, 11) is 4.64. The lowest BCUT2D eigenvalue weighted by molar-refractivity contribution is -0.111. The summed E-state index contributed by atoms with van der Waals surface area (Å²) in [5.41, 5.74) is 4.16. The fourth-order valence-corrected chi connectivity index (χ4v) is 4.40. The van der Waals surface area contributed by atoms with Crippen molar-refractivity contribution in [2.45, 2.75) is 0 Å². The van der Waals surface area contributed by atoms with Crippen LogP contribution in [0.25, 0.3) is 27.9 Å². The molecule has 1 N–H and O–H groups in total. The number of nitrogens with one attached hydrogen (secondary N) is 1. The predicted molar refractivity (Wildman–Crippen MR) is 142 cm³/mol. The Balaban J connectivity index is 1.48. The van der Waals surface area contributed by atoms with Crippen molar-refractivity contribution >= 4 is 40.6 Å². The number of nitrogens with zero attached hydrogens (tertiary/aromatic N) is 1. The van der Waals surface area contributed by atoms with E-state index in [9.17, 15) is 4.79 Å². The molecule has 0 bridgehead atoms. The molecule has 0 radical (unpaired) electrons. The minimum absolute atomic E-state index is 0.268. The standard InChI is InChI=1S/C27H23ClN2O4S/c1-32-23-13-17(14-24(33-2)26(23)34-3)7-12-25(31)29-21-6-4-5-19(15-21)22-16-35-27(30-22)18-8-10-20(28)11-9-18/h4-16H,1-3H3,(H,29,31)/b12-7+. The highest BCUT2D eigenvalue weighted by Crippen LogP contribution is 2.38. The van der Waals surface area contributed by atoms with Crippen LogP contribution in [0.4, 0.5) is 5.69 Å². The van der Waals surface area contributed by atoms with E-state index in [1.165, 1.54) is 6.08 Å². The molecule has 1 aromatic heterocycles. The van der Waals surface area contributed by atoms with E-state index in [4.69, 9.17) is 30.8 Å². The fraction of sp³-hybridized carbons (Fsp3) is 0.111. The maximum absolute atomic E-state index is 12.6. The van der Waals surface area contributed by atoms with Gasteiger partial charge in [0.1, 0.15) is 5.01 Å². The van der Waals surface area contributed by atoms with Crippen LogP contribution in [0, 0.1) is 0 Å². The van der Waals surface area contributed by atoms with Gasteiger partial charge in [-0.15, -0.1) is 11.3 Å². The SMILES string of the molecule is COc1cc(/C=C/C(=O)Nc2cccc(-c3csc(-c4ccc(Cl)cc4)n3)c2)cc(OC)c1OC. The molecule has 0 aliphatic heterocycles. The first-order valence-corrected chi connectivity index (χ1v) is 11.9. The molecule has 0 saturated carbocycles. The Morgan fingerprint density at radius 2 is 1.66 bits per heavy atom. The maximum atomic E-state index is 12.6. The van der Waals surface area contributed by atoms with Crippen LogP contribution in [0.1, 0.15) is 5.56 Å². The van der Waals surface area contributed by atoms with E-state index < -0.39 is 0 Å². The van der Waals surface area contributed by atoms with E-state index in [0.717, 1.165) is 27.4 Å². The zero-order valence-corrected chi connectivity index (χ0v) is 20.9. The van der Waals surface area contributed by atoms with Gasteiger partial charge in [0, 0.05) is 33.3 Å². The number of rotatable bonds is 8. The monoisotopic (exact) mass is 506 g/mol. The number of halogens is 1. The zero-order chi connectivity index (χ0) is 24.8. The normalized spacial score (nSPS) is 10.9. The highest BCUT2D eigenvalue weighted by molar-refractivity contribution is 7.13. The molecule has 0 saturated heterocycles. The van der Waals surface area contributed by atoms with Gasteiger partial charge in [0.05, 0.1) is 27.0 Å². The summed E-state index contributed by atoms with van der Waals surface area (Å²) in [5, 5.41) is 6.48. The number of hydrogen-bond acceptors (Lipinski definition) is 6. The first kappa shape index (κ1) is 24.3. The van der Waals surface area contributed by atoms with Crippen molar-refractivity contribution in [2.24, 2.45) is 0 Å². The Morgan fingerprint density at radius 1 is 0.943 bits per heavy atom. The highest BCUT2D eigenvalue weighted by atomic mass is 35.5. The molecule has 0 fully saturated rings. The molecule has 1 amide bonds. The molecule has 0 unspecified atom stereocenters. The third-order valence-electron chi connectivity index (χ3n) is 5.14. The van der Waals surface area contributed by atoms with Crippen molar-refractivity contribution in [3.05, 3.63) is 82.7 Å². The Hall–Kier alpha value is -3.81. The van der Waals surface area contributed by atoms with E-state index >= 15 is 0 Å². The van der Waals surface area contributed by atoms with Crippen LogP contribution in [0.15, 0.2) is 72.1 Å². The third kappa shape index (κ3) is 5.82. The van der Waals surface area contributed by atoms with E-state index in [0.29, 0.717) is 28.0 Å². The zero-order valence-electron chi connectivity index (χ0n) is 19.4. The van der Waals surface area contributed by atoms with Crippen LogP contribution in [0.3, 0.4) is 0 Å². The number of hydrogen-bond donors (Lipinski definition) is 1. The molecular weight excluding hydrogens is 484 g/mol. The lowest BCUT2D eigenvalue weighted by Gasteiger charge is -2.12. The van der Waals surface area contributed by atoms with Crippen molar-refractivity contribution in [2.75, 3.05) is 26.6 Å².